The largest absolute Gasteiger partial charge is 0.492 e. The van der Waals surface area contributed by atoms with Crippen molar-refractivity contribution in [2.45, 2.75) is 12.8 Å². The van der Waals surface area contributed by atoms with Crippen LogP contribution in [0.5, 0.6) is 5.75 Å². The molecule has 170 valence electrons. The molecule has 3 heterocycles. The summed E-state index contributed by atoms with van der Waals surface area (Å²) >= 11 is 0. The first-order valence-corrected chi connectivity index (χ1v) is 11.7. The number of nitrogens with two attached hydrogens (primary N) is 1. The third-order valence-corrected chi connectivity index (χ3v) is 6.37. The molecule has 2 aromatic rings. The molecule has 0 bridgehead atoms. The third-order valence-electron chi connectivity index (χ3n) is 5.46. The Hall–Kier alpha value is -3.34. The van der Waals surface area contributed by atoms with Crippen LogP contribution in [0.3, 0.4) is 0 Å². The number of rotatable bonds is 5. The molecule has 0 spiro atoms. The molecular weight excluding hydrogens is 432 g/mol. The topological polar surface area (TPSA) is 130 Å². The molecule has 4 rings (SSSR count). The van der Waals surface area contributed by atoms with E-state index in [2.05, 4.69) is 19.0 Å². The molecule has 1 aromatic carbocycles. The molecule has 0 radical (unpaired) electrons. The van der Waals surface area contributed by atoms with Gasteiger partial charge in [-0.1, -0.05) is 6.07 Å². The molecule has 11 heteroatoms. The molecule has 3 N–H and O–H groups in total. The van der Waals surface area contributed by atoms with E-state index in [0.29, 0.717) is 29.2 Å². The van der Waals surface area contributed by atoms with Crippen molar-refractivity contribution in [1.82, 2.24) is 9.88 Å². The first-order chi connectivity index (χ1) is 15.2. The Kier molecular flexibility index (Phi) is 5.92. The minimum atomic E-state index is -3.83. The van der Waals surface area contributed by atoms with Crippen LogP contribution in [0.2, 0.25) is 0 Å². The van der Waals surface area contributed by atoms with Crippen molar-refractivity contribution in [2.75, 3.05) is 43.4 Å². The molecule has 2 aliphatic heterocycles. The predicted octanol–water partition coefficient (Wildman–Crippen LogP) is 1.45. The second kappa shape index (κ2) is 8.65. The highest BCUT2D eigenvalue weighted by Crippen LogP contribution is 2.31. The van der Waals surface area contributed by atoms with Gasteiger partial charge in [-0.15, -0.1) is 4.40 Å². The van der Waals surface area contributed by atoms with E-state index in [-0.39, 0.29) is 17.7 Å². The zero-order chi connectivity index (χ0) is 22.9. The van der Waals surface area contributed by atoms with Gasteiger partial charge in [-0.25, -0.2) is 4.98 Å². The summed E-state index contributed by atoms with van der Waals surface area (Å²) in [4.78, 5) is 20.3. The van der Waals surface area contributed by atoms with E-state index in [1.165, 1.54) is 4.90 Å². The lowest BCUT2D eigenvalue weighted by Gasteiger charge is -2.33. The van der Waals surface area contributed by atoms with Gasteiger partial charge in [0, 0.05) is 39.3 Å². The van der Waals surface area contributed by atoms with E-state index in [0.717, 1.165) is 31.7 Å². The van der Waals surface area contributed by atoms with Crippen LogP contribution in [0.1, 0.15) is 28.8 Å². The highest BCUT2D eigenvalue weighted by Gasteiger charge is 2.26. The Bertz CT molecular complexity index is 1150. The Morgan fingerprint density at radius 3 is 2.84 bits per heavy atom. The number of hydrogen-bond donors (Lipinski definition) is 2. The third kappa shape index (κ3) is 4.62. The van der Waals surface area contributed by atoms with E-state index >= 15 is 0 Å². The number of pyridine rings is 1. The van der Waals surface area contributed by atoms with Crippen molar-refractivity contribution in [3.63, 3.8) is 0 Å². The van der Waals surface area contributed by atoms with Crippen molar-refractivity contribution >= 4 is 33.5 Å². The maximum Gasteiger partial charge on any atom is 0.344 e. The number of aromatic nitrogens is 1. The van der Waals surface area contributed by atoms with Gasteiger partial charge in [0.05, 0.1) is 23.4 Å². The summed E-state index contributed by atoms with van der Waals surface area (Å²) in [6.07, 6.45) is 3.60. The quantitative estimate of drug-likeness (QED) is 0.693. The van der Waals surface area contributed by atoms with Crippen molar-refractivity contribution in [3.05, 3.63) is 47.7 Å². The number of piperidine rings is 1. The lowest BCUT2D eigenvalue weighted by Crippen LogP contribution is -2.38. The summed E-state index contributed by atoms with van der Waals surface area (Å²) < 4.78 is 35.5. The van der Waals surface area contributed by atoms with Crippen LogP contribution in [0.25, 0.3) is 0 Å². The summed E-state index contributed by atoms with van der Waals surface area (Å²) in [5.74, 6) is 1.41. The average molecular weight is 459 g/mol. The number of nitrogens with zero attached hydrogens (tertiary/aromatic N) is 4. The number of anilines is 2. The predicted molar refractivity (Wildman–Crippen MR) is 122 cm³/mol. The molecule has 1 aromatic heterocycles. The Morgan fingerprint density at radius 2 is 2.12 bits per heavy atom. The number of nitrogens with one attached hydrogen (secondary N) is 1. The number of carbonyl (C=O) groups is 1. The normalized spacial score (nSPS) is 19.4. The smallest absolute Gasteiger partial charge is 0.344 e. The highest BCUT2D eigenvalue weighted by molar-refractivity contribution is 7.91. The van der Waals surface area contributed by atoms with E-state index < -0.39 is 10.2 Å². The van der Waals surface area contributed by atoms with Gasteiger partial charge in [0.15, 0.2) is 5.84 Å². The SMILES string of the molecule is CN(C)C(=O)c1ccc(N2CCC[C@H](COc3cccc4c3C(N)=NS(=O)(=O)N4)C2)nc1. The molecule has 1 fully saturated rings. The van der Waals surface area contributed by atoms with Crippen LogP contribution in [0, 0.1) is 5.92 Å². The Morgan fingerprint density at radius 1 is 1.31 bits per heavy atom. The maximum absolute atomic E-state index is 12.1. The van der Waals surface area contributed by atoms with Crippen LogP contribution in [-0.2, 0) is 10.2 Å². The van der Waals surface area contributed by atoms with Gasteiger partial charge in [-0.05, 0) is 37.1 Å². The fraction of sp³-hybridized carbons (Fsp3) is 0.381. The van der Waals surface area contributed by atoms with Crippen molar-refractivity contribution in [2.24, 2.45) is 16.0 Å². The molecule has 0 unspecified atom stereocenters. The van der Waals surface area contributed by atoms with Gasteiger partial charge in [-0.2, -0.15) is 8.42 Å². The van der Waals surface area contributed by atoms with Crippen molar-refractivity contribution < 1.29 is 17.9 Å². The van der Waals surface area contributed by atoms with E-state index in [9.17, 15) is 13.2 Å². The molecule has 32 heavy (non-hydrogen) atoms. The van der Waals surface area contributed by atoms with Gasteiger partial charge < -0.3 is 20.3 Å². The molecule has 10 nitrogen and oxygen atoms in total. The van der Waals surface area contributed by atoms with Crippen LogP contribution in [0.4, 0.5) is 11.5 Å². The summed E-state index contributed by atoms with van der Waals surface area (Å²) in [6.45, 7) is 2.09. The fourth-order valence-corrected chi connectivity index (χ4v) is 4.76. The van der Waals surface area contributed by atoms with Crippen molar-refractivity contribution in [1.29, 1.82) is 0 Å². The zero-order valence-electron chi connectivity index (χ0n) is 18.0. The van der Waals surface area contributed by atoms with Crippen LogP contribution in [0.15, 0.2) is 40.9 Å². The van der Waals surface area contributed by atoms with Gasteiger partial charge in [-0.3, -0.25) is 9.52 Å². The number of fused-ring (bicyclic) bond motifs is 1. The Labute approximate surface area is 187 Å². The van der Waals surface area contributed by atoms with Gasteiger partial charge in [0.2, 0.25) is 0 Å². The maximum atomic E-state index is 12.1. The number of amides is 1. The molecule has 0 saturated carbocycles. The lowest BCUT2D eigenvalue weighted by atomic mass is 9.99. The first kappa shape index (κ1) is 21.9. The number of benzene rings is 1. The monoisotopic (exact) mass is 458 g/mol. The minimum absolute atomic E-state index is 0.0785. The molecule has 1 amide bonds. The van der Waals surface area contributed by atoms with E-state index in [1.807, 2.05) is 6.07 Å². The van der Waals surface area contributed by atoms with Crippen LogP contribution in [-0.4, -0.2) is 63.8 Å². The molecule has 1 atom stereocenters. The summed E-state index contributed by atoms with van der Waals surface area (Å²) in [5, 5.41) is 0. The van der Waals surface area contributed by atoms with Gasteiger partial charge in [0.25, 0.3) is 5.91 Å². The molecular formula is C21H26N6O4S. The summed E-state index contributed by atoms with van der Waals surface area (Å²) in [5.41, 5.74) is 7.26. The van der Waals surface area contributed by atoms with E-state index in [1.54, 1.807) is 44.6 Å². The first-order valence-electron chi connectivity index (χ1n) is 10.3. The zero-order valence-corrected chi connectivity index (χ0v) is 18.8. The van der Waals surface area contributed by atoms with E-state index in [4.69, 9.17) is 10.5 Å². The summed E-state index contributed by atoms with van der Waals surface area (Å²) in [7, 11) is -0.405. The molecule has 1 saturated heterocycles. The fourth-order valence-electron chi connectivity index (χ4n) is 3.91. The van der Waals surface area contributed by atoms with Crippen LogP contribution >= 0.6 is 0 Å². The Balaban J connectivity index is 1.42. The number of carbonyl (C=O) groups excluding carboxylic acids is 1. The standard InChI is InChI=1S/C21H26N6O4S/c1-26(2)21(28)15-8-9-18(23-11-15)27-10-4-5-14(12-27)13-31-17-7-3-6-16-19(17)20(22)25-32(29,30)24-16/h3,6-9,11,14,24H,4-5,10,12-13H2,1-2H3,(H2,22,25)/t14-/m0/s1. The molecule has 0 aliphatic carbocycles. The average Bonchev–Trinajstić information content (AvgIpc) is 2.76. The van der Waals surface area contributed by atoms with Gasteiger partial charge in [0.1, 0.15) is 11.6 Å². The number of hydrogen-bond acceptors (Lipinski definition) is 7. The summed E-state index contributed by atoms with van der Waals surface area (Å²) in [6, 6.07) is 8.76. The van der Waals surface area contributed by atoms with Gasteiger partial charge >= 0.3 is 10.2 Å². The lowest BCUT2D eigenvalue weighted by molar-refractivity contribution is 0.0827. The molecule has 2 aliphatic rings. The second-order valence-electron chi connectivity index (χ2n) is 8.10. The second-order valence-corrected chi connectivity index (χ2v) is 9.44. The minimum Gasteiger partial charge on any atom is -0.492 e. The van der Waals surface area contributed by atoms with Crippen molar-refractivity contribution in [3.8, 4) is 5.75 Å². The highest BCUT2D eigenvalue weighted by atomic mass is 32.2. The van der Waals surface area contributed by atoms with Crippen LogP contribution < -0.4 is 20.1 Å². The number of amidine groups is 1. The number of ether oxygens (including phenoxy) is 1.